The van der Waals surface area contributed by atoms with Gasteiger partial charge in [-0.05, 0) is 20.8 Å². The molecule has 1 fully saturated rings. The van der Waals surface area contributed by atoms with Crippen LogP contribution in [0.1, 0.15) is 33.6 Å². The molecule has 0 saturated heterocycles. The van der Waals surface area contributed by atoms with Crippen molar-refractivity contribution in [2.75, 3.05) is 0 Å². The van der Waals surface area contributed by atoms with Crippen molar-refractivity contribution in [3.8, 4) is 0 Å². The van der Waals surface area contributed by atoms with Crippen molar-refractivity contribution in [1.82, 2.24) is 0 Å². The molecule has 0 atom stereocenters. The predicted molar refractivity (Wildman–Crippen MR) is 38.8 cm³/mol. The third-order valence-electron chi connectivity index (χ3n) is 1.77. The molecule has 0 spiro atoms. The minimum Gasteiger partial charge on any atom is -0.375 e. The third-order valence-corrected chi connectivity index (χ3v) is 1.77. The summed E-state index contributed by atoms with van der Waals surface area (Å²) in [5.74, 6) is 0. The Kier molecular flexibility index (Phi) is 1.99. The highest BCUT2D eigenvalue weighted by Crippen LogP contribution is 2.37. The van der Waals surface area contributed by atoms with Crippen LogP contribution in [0.25, 0.3) is 0 Å². The predicted octanol–water partition coefficient (Wildman–Crippen LogP) is 2.30. The molecule has 0 aromatic heterocycles. The van der Waals surface area contributed by atoms with Gasteiger partial charge < -0.3 is 4.74 Å². The first-order valence-corrected chi connectivity index (χ1v) is 3.84. The standard InChI is InChI=1S/C8H15FO/c1-6(2)10-7-4-8(3,9)5-7/h6-7H,4-5H2,1-3H3. The van der Waals surface area contributed by atoms with E-state index >= 15 is 0 Å². The summed E-state index contributed by atoms with van der Waals surface area (Å²) in [6, 6.07) is 0. The fourth-order valence-corrected chi connectivity index (χ4v) is 1.37. The molecular weight excluding hydrogens is 131 g/mol. The first kappa shape index (κ1) is 7.99. The quantitative estimate of drug-likeness (QED) is 0.580. The van der Waals surface area contributed by atoms with E-state index in [1.165, 1.54) is 0 Å². The van der Waals surface area contributed by atoms with Gasteiger partial charge in [-0.15, -0.1) is 0 Å². The van der Waals surface area contributed by atoms with Gasteiger partial charge in [-0.25, -0.2) is 4.39 Å². The van der Waals surface area contributed by atoms with Crippen LogP contribution in [0.15, 0.2) is 0 Å². The highest BCUT2D eigenvalue weighted by molar-refractivity contribution is 4.91. The van der Waals surface area contributed by atoms with Gasteiger partial charge in [0.25, 0.3) is 0 Å². The minimum absolute atomic E-state index is 0.176. The molecule has 2 heteroatoms. The van der Waals surface area contributed by atoms with E-state index in [2.05, 4.69) is 0 Å². The van der Waals surface area contributed by atoms with E-state index in [4.69, 9.17) is 4.74 Å². The summed E-state index contributed by atoms with van der Waals surface area (Å²) < 4.78 is 18.2. The summed E-state index contributed by atoms with van der Waals surface area (Å²) >= 11 is 0. The van der Waals surface area contributed by atoms with Crippen molar-refractivity contribution in [3.05, 3.63) is 0 Å². The number of hydrogen-bond donors (Lipinski definition) is 0. The fraction of sp³-hybridized carbons (Fsp3) is 1.00. The number of halogens is 1. The van der Waals surface area contributed by atoms with Crippen LogP contribution in [0.4, 0.5) is 4.39 Å². The van der Waals surface area contributed by atoms with Gasteiger partial charge in [0, 0.05) is 12.8 Å². The van der Waals surface area contributed by atoms with Crippen LogP contribution >= 0.6 is 0 Å². The largest absolute Gasteiger partial charge is 0.375 e. The molecule has 0 amide bonds. The number of ether oxygens (including phenoxy) is 1. The van der Waals surface area contributed by atoms with E-state index in [1.807, 2.05) is 13.8 Å². The van der Waals surface area contributed by atoms with Crippen LogP contribution in [0.2, 0.25) is 0 Å². The second kappa shape index (κ2) is 2.50. The molecule has 1 nitrogen and oxygen atoms in total. The van der Waals surface area contributed by atoms with Crippen LogP contribution < -0.4 is 0 Å². The lowest BCUT2D eigenvalue weighted by Gasteiger charge is -2.39. The Labute approximate surface area is 61.6 Å². The second-order valence-electron chi connectivity index (χ2n) is 3.63. The van der Waals surface area contributed by atoms with E-state index in [0.29, 0.717) is 12.8 Å². The molecule has 60 valence electrons. The first-order chi connectivity index (χ1) is 4.49. The van der Waals surface area contributed by atoms with Crippen LogP contribution in [-0.4, -0.2) is 17.9 Å². The highest BCUT2D eigenvalue weighted by atomic mass is 19.1. The molecular formula is C8H15FO. The lowest BCUT2D eigenvalue weighted by atomic mass is 9.81. The molecule has 0 unspecified atom stereocenters. The molecule has 1 aliphatic rings. The third kappa shape index (κ3) is 1.94. The van der Waals surface area contributed by atoms with Crippen molar-refractivity contribution in [2.24, 2.45) is 0 Å². The molecule has 0 heterocycles. The number of alkyl halides is 1. The lowest BCUT2D eigenvalue weighted by Crippen LogP contribution is -2.43. The molecule has 0 bridgehead atoms. The van der Waals surface area contributed by atoms with Gasteiger partial charge in [-0.2, -0.15) is 0 Å². The maximum Gasteiger partial charge on any atom is 0.113 e. The molecule has 1 aliphatic carbocycles. The summed E-state index contributed by atoms with van der Waals surface area (Å²) in [5.41, 5.74) is -0.945. The summed E-state index contributed by atoms with van der Waals surface area (Å²) in [4.78, 5) is 0. The molecule has 0 aliphatic heterocycles. The van der Waals surface area contributed by atoms with E-state index in [-0.39, 0.29) is 12.2 Å². The lowest BCUT2D eigenvalue weighted by molar-refractivity contribution is -0.108. The molecule has 0 radical (unpaired) electrons. The zero-order valence-electron chi connectivity index (χ0n) is 6.86. The van der Waals surface area contributed by atoms with Gasteiger partial charge in [-0.1, -0.05) is 0 Å². The monoisotopic (exact) mass is 146 g/mol. The SMILES string of the molecule is CC(C)OC1CC(C)(F)C1. The average Bonchev–Trinajstić information content (AvgIpc) is 1.57. The molecule has 1 saturated carbocycles. The van der Waals surface area contributed by atoms with E-state index in [9.17, 15) is 4.39 Å². The van der Waals surface area contributed by atoms with Gasteiger partial charge in [0.05, 0.1) is 12.2 Å². The van der Waals surface area contributed by atoms with Crippen LogP contribution in [0.3, 0.4) is 0 Å². The second-order valence-corrected chi connectivity index (χ2v) is 3.63. The summed E-state index contributed by atoms with van der Waals surface area (Å²) in [5, 5.41) is 0. The van der Waals surface area contributed by atoms with Crippen LogP contribution in [0.5, 0.6) is 0 Å². The Bertz CT molecular complexity index is 110. The zero-order chi connectivity index (χ0) is 7.78. The maximum absolute atomic E-state index is 12.8. The number of hydrogen-bond acceptors (Lipinski definition) is 1. The van der Waals surface area contributed by atoms with Crippen molar-refractivity contribution < 1.29 is 9.13 Å². The van der Waals surface area contributed by atoms with Gasteiger partial charge >= 0.3 is 0 Å². The van der Waals surface area contributed by atoms with Gasteiger partial charge in [0.15, 0.2) is 0 Å². The maximum atomic E-state index is 12.8. The van der Waals surface area contributed by atoms with Crippen molar-refractivity contribution in [2.45, 2.75) is 51.5 Å². The van der Waals surface area contributed by atoms with Gasteiger partial charge in [-0.3, -0.25) is 0 Å². The molecule has 0 N–H and O–H groups in total. The van der Waals surface area contributed by atoms with Crippen molar-refractivity contribution >= 4 is 0 Å². The fourth-order valence-electron chi connectivity index (χ4n) is 1.37. The smallest absolute Gasteiger partial charge is 0.113 e. The highest BCUT2D eigenvalue weighted by Gasteiger charge is 2.41. The Hall–Kier alpha value is -0.110. The Morgan fingerprint density at radius 1 is 1.50 bits per heavy atom. The summed E-state index contributed by atoms with van der Waals surface area (Å²) in [6.07, 6.45) is 1.56. The van der Waals surface area contributed by atoms with Gasteiger partial charge in [0.2, 0.25) is 0 Å². The van der Waals surface area contributed by atoms with E-state index in [0.717, 1.165) is 0 Å². The summed E-state index contributed by atoms with van der Waals surface area (Å²) in [7, 11) is 0. The Balaban J connectivity index is 2.15. The molecule has 0 aromatic carbocycles. The van der Waals surface area contributed by atoms with Crippen LogP contribution in [-0.2, 0) is 4.74 Å². The van der Waals surface area contributed by atoms with Crippen molar-refractivity contribution in [3.63, 3.8) is 0 Å². The average molecular weight is 146 g/mol. The molecule has 10 heavy (non-hydrogen) atoms. The molecule has 0 aromatic rings. The van der Waals surface area contributed by atoms with Crippen LogP contribution in [0, 0.1) is 0 Å². The minimum atomic E-state index is -0.945. The normalized spacial score (nSPS) is 39.9. The Morgan fingerprint density at radius 3 is 2.30 bits per heavy atom. The number of rotatable bonds is 2. The molecule has 1 rings (SSSR count). The Morgan fingerprint density at radius 2 is 2.00 bits per heavy atom. The zero-order valence-corrected chi connectivity index (χ0v) is 6.86. The van der Waals surface area contributed by atoms with Crippen molar-refractivity contribution in [1.29, 1.82) is 0 Å². The van der Waals surface area contributed by atoms with E-state index < -0.39 is 5.67 Å². The summed E-state index contributed by atoms with van der Waals surface area (Å²) in [6.45, 7) is 5.59. The van der Waals surface area contributed by atoms with E-state index in [1.54, 1.807) is 6.92 Å². The topological polar surface area (TPSA) is 9.23 Å². The first-order valence-electron chi connectivity index (χ1n) is 3.84. The van der Waals surface area contributed by atoms with Gasteiger partial charge in [0.1, 0.15) is 5.67 Å².